The lowest BCUT2D eigenvalue weighted by atomic mass is 10.1. The van der Waals surface area contributed by atoms with Gasteiger partial charge in [0, 0.05) is 6.42 Å². The van der Waals surface area contributed by atoms with Crippen molar-refractivity contribution in [2.75, 3.05) is 0 Å². The largest absolute Gasteiger partial charge is 0.371 e. The Balaban J connectivity index is 2.19. The van der Waals surface area contributed by atoms with Gasteiger partial charge in [0.15, 0.2) is 6.23 Å². The zero-order valence-corrected chi connectivity index (χ0v) is 10.5. The molecule has 1 N–H and O–H groups in total. The average molecular weight is 270 g/mol. The highest BCUT2D eigenvalue weighted by atomic mass is 19.1. The Labute approximate surface area is 113 Å². The SMILES string of the molecule is O=c1c2ccccc2n2n1C(O)Cc1cc(F)ccc1-2. The molecule has 0 aliphatic carbocycles. The number of fused-ring (bicyclic) bond motifs is 5. The number of aromatic nitrogens is 2. The summed E-state index contributed by atoms with van der Waals surface area (Å²) in [5.74, 6) is -0.344. The third-order valence-electron chi connectivity index (χ3n) is 3.74. The Morgan fingerprint density at radius 1 is 1.20 bits per heavy atom. The molecule has 5 heteroatoms. The van der Waals surface area contributed by atoms with Crippen molar-refractivity contribution in [3.8, 4) is 5.69 Å². The predicted molar refractivity (Wildman–Crippen MR) is 72.5 cm³/mol. The zero-order chi connectivity index (χ0) is 13.9. The third-order valence-corrected chi connectivity index (χ3v) is 3.74. The Hall–Kier alpha value is -2.40. The van der Waals surface area contributed by atoms with Crippen LogP contribution in [-0.2, 0) is 6.42 Å². The minimum atomic E-state index is -0.982. The lowest BCUT2D eigenvalue weighted by Crippen LogP contribution is -2.32. The summed E-state index contributed by atoms with van der Waals surface area (Å²) in [6, 6.07) is 11.6. The lowest BCUT2D eigenvalue weighted by Gasteiger charge is -2.25. The van der Waals surface area contributed by atoms with Crippen molar-refractivity contribution in [1.29, 1.82) is 0 Å². The van der Waals surface area contributed by atoms with Gasteiger partial charge in [0.2, 0.25) is 0 Å². The van der Waals surface area contributed by atoms with E-state index in [1.165, 1.54) is 16.8 Å². The van der Waals surface area contributed by atoms with Gasteiger partial charge >= 0.3 is 0 Å². The first-order valence-corrected chi connectivity index (χ1v) is 6.36. The third kappa shape index (κ3) is 1.35. The van der Waals surface area contributed by atoms with Crippen LogP contribution in [0.25, 0.3) is 16.6 Å². The summed E-state index contributed by atoms with van der Waals surface area (Å²) in [6.07, 6.45) is -0.757. The molecule has 2 aromatic carbocycles. The van der Waals surface area contributed by atoms with Gasteiger partial charge in [0.05, 0.1) is 16.6 Å². The first kappa shape index (κ1) is 11.4. The van der Waals surface area contributed by atoms with E-state index < -0.39 is 6.23 Å². The molecule has 4 rings (SSSR count). The van der Waals surface area contributed by atoms with Gasteiger partial charge in [-0.05, 0) is 35.9 Å². The Morgan fingerprint density at radius 3 is 2.85 bits per heavy atom. The van der Waals surface area contributed by atoms with Crippen LogP contribution in [0.5, 0.6) is 0 Å². The molecule has 1 aromatic heterocycles. The number of aliphatic hydroxyl groups excluding tert-OH is 1. The maximum Gasteiger partial charge on any atom is 0.277 e. The molecule has 0 saturated heterocycles. The Morgan fingerprint density at radius 2 is 2.00 bits per heavy atom. The predicted octanol–water partition coefficient (Wildman–Crippen LogP) is 1.98. The highest BCUT2D eigenvalue weighted by molar-refractivity contribution is 5.80. The molecule has 0 spiro atoms. The standard InChI is InChI=1S/C15H11FN2O2/c16-10-5-6-12-9(7-10)8-14(19)18-15(20)11-3-1-2-4-13(11)17(12)18/h1-7,14,19H,8H2. The van der Waals surface area contributed by atoms with Gasteiger partial charge in [0.1, 0.15) is 5.82 Å². The number of aliphatic hydroxyl groups is 1. The smallest absolute Gasteiger partial charge is 0.277 e. The van der Waals surface area contributed by atoms with Crippen molar-refractivity contribution < 1.29 is 9.50 Å². The van der Waals surface area contributed by atoms with Gasteiger partial charge in [-0.2, -0.15) is 0 Å². The van der Waals surface area contributed by atoms with Crippen LogP contribution in [-0.4, -0.2) is 14.5 Å². The Kier molecular flexibility index (Phi) is 2.17. The molecule has 20 heavy (non-hydrogen) atoms. The second-order valence-corrected chi connectivity index (χ2v) is 4.94. The van der Waals surface area contributed by atoms with E-state index in [2.05, 4.69) is 0 Å². The van der Waals surface area contributed by atoms with E-state index >= 15 is 0 Å². The minimum Gasteiger partial charge on any atom is -0.371 e. The second-order valence-electron chi connectivity index (χ2n) is 4.94. The number of rotatable bonds is 0. The van der Waals surface area contributed by atoms with E-state index in [0.717, 1.165) is 5.69 Å². The summed E-state index contributed by atoms with van der Waals surface area (Å²) in [6.45, 7) is 0. The van der Waals surface area contributed by atoms with Gasteiger partial charge in [-0.3, -0.25) is 4.79 Å². The van der Waals surface area contributed by atoms with Crippen LogP contribution < -0.4 is 5.56 Å². The lowest BCUT2D eigenvalue weighted by molar-refractivity contribution is 0.0748. The summed E-state index contributed by atoms with van der Waals surface area (Å²) in [5, 5.41) is 10.7. The summed E-state index contributed by atoms with van der Waals surface area (Å²) < 4.78 is 16.3. The summed E-state index contributed by atoms with van der Waals surface area (Å²) in [7, 11) is 0. The van der Waals surface area contributed by atoms with Crippen LogP contribution in [0, 0.1) is 5.82 Å². The Bertz CT molecular complexity index is 895. The average Bonchev–Trinajstić information content (AvgIpc) is 2.74. The highest BCUT2D eigenvalue weighted by Gasteiger charge is 2.26. The molecule has 4 nitrogen and oxygen atoms in total. The number of hydrogen-bond acceptors (Lipinski definition) is 2. The van der Waals surface area contributed by atoms with Crippen LogP contribution in [0.15, 0.2) is 47.3 Å². The topological polar surface area (TPSA) is 47.2 Å². The van der Waals surface area contributed by atoms with Crippen molar-refractivity contribution >= 4 is 10.9 Å². The van der Waals surface area contributed by atoms with Gasteiger partial charge < -0.3 is 5.11 Å². The maximum atomic E-state index is 13.4. The molecule has 0 fully saturated rings. The van der Waals surface area contributed by atoms with Crippen LogP contribution in [0.2, 0.25) is 0 Å². The summed E-state index contributed by atoms with van der Waals surface area (Å²) >= 11 is 0. The van der Waals surface area contributed by atoms with Gasteiger partial charge in [-0.25, -0.2) is 13.8 Å². The molecule has 1 atom stereocenters. The molecule has 1 unspecified atom stereocenters. The summed E-state index contributed by atoms with van der Waals surface area (Å²) in [5.41, 5.74) is 1.90. The fraction of sp³-hybridized carbons (Fsp3) is 0.133. The quantitative estimate of drug-likeness (QED) is 0.679. The van der Waals surface area contributed by atoms with Gasteiger partial charge in [-0.15, -0.1) is 0 Å². The fourth-order valence-corrected chi connectivity index (χ4v) is 2.89. The van der Waals surface area contributed by atoms with Crippen LogP contribution >= 0.6 is 0 Å². The van der Waals surface area contributed by atoms with Crippen molar-refractivity contribution in [2.24, 2.45) is 0 Å². The molecule has 100 valence electrons. The van der Waals surface area contributed by atoms with Gasteiger partial charge in [-0.1, -0.05) is 12.1 Å². The van der Waals surface area contributed by atoms with E-state index in [1.54, 1.807) is 22.9 Å². The second kappa shape index (κ2) is 3.80. The maximum absolute atomic E-state index is 13.4. The van der Waals surface area contributed by atoms with Crippen molar-refractivity contribution in [1.82, 2.24) is 9.36 Å². The van der Waals surface area contributed by atoms with Crippen LogP contribution in [0.4, 0.5) is 4.39 Å². The molecule has 3 aromatic rings. The monoisotopic (exact) mass is 270 g/mol. The summed E-state index contributed by atoms with van der Waals surface area (Å²) in [4.78, 5) is 12.4. The fourth-order valence-electron chi connectivity index (χ4n) is 2.89. The number of para-hydroxylation sites is 1. The van der Waals surface area contributed by atoms with Crippen LogP contribution in [0.3, 0.4) is 0 Å². The molecule has 0 radical (unpaired) electrons. The van der Waals surface area contributed by atoms with E-state index in [-0.39, 0.29) is 17.8 Å². The zero-order valence-electron chi connectivity index (χ0n) is 10.5. The van der Waals surface area contributed by atoms with Crippen LogP contribution in [0.1, 0.15) is 11.8 Å². The molecule has 0 bridgehead atoms. The number of hydrogen-bond donors (Lipinski definition) is 1. The molecule has 0 saturated carbocycles. The molecular weight excluding hydrogens is 259 g/mol. The first-order chi connectivity index (χ1) is 9.66. The molecule has 1 aliphatic rings. The molecular formula is C15H11FN2O2. The van der Waals surface area contributed by atoms with Crippen molar-refractivity contribution in [3.63, 3.8) is 0 Å². The number of benzene rings is 2. The normalized spacial score (nSPS) is 17.0. The van der Waals surface area contributed by atoms with E-state index in [9.17, 15) is 14.3 Å². The highest BCUT2D eigenvalue weighted by Crippen LogP contribution is 2.29. The molecule has 1 aliphatic heterocycles. The minimum absolute atomic E-state index is 0.226. The van der Waals surface area contributed by atoms with E-state index in [1.807, 2.05) is 12.1 Å². The number of nitrogens with zero attached hydrogens (tertiary/aromatic N) is 2. The van der Waals surface area contributed by atoms with E-state index in [0.29, 0.717) is 16.5 Å². The molecule has 0 amide bonds. The molecule has 2 heterocycles. The number of halogens is 1. The first-order valence-electron chi connectivity index (χ1n) is 6.36. The van der Waals surface area contributed by atoms with Crippen molar-refractivity contribution in [3.05, 3.63) is 64.2 Å². The van der Waals surface area contributed by atoms with Crippen molar-refractivity contribution in [2.45, 2.75) is 12.6 Å². The van der Waals surface area contributed by atoms with E-state index in [4.69, 9.17) is 0 Å². The van der Waals surface area contributed by atoms with Gasteiger partial charge in [0.25, 0.3) is 5.56 Å².